The Morgan fingerprint density at radius 1 is 0.800 bits per heavy atom. The van der Waals surface area contributed by atoms with Crippen molar-refractivity contribution in [2.24, 2.45) is 0 Å². The fourth-order valence-electron chi connectivity index (χ4n) is 3.88. The van der Waals surface area contributed by atoms with Crippen molar-refractivity contribution in [2.75, 3.05) is 32.8 Å². The highest BCUT2D eigenvalue weighted by Crippen LogP contribution is 2.34. The Kier molecular flexibility index (Phi) is 5.61. The molecule has 3 aromatic rings. The molecule has 5 nitrogen and oxygen atoms in total. The summed E-state index contributed by atoms with van der Waals surface area (Å²) < 4.78 is 15.7. The fourth-order valence-corrected chi connectivity index (χ4v) is 3.88. The molecule has 0 fully saturated rings. The summed E-state index contributed by atoms with van der Waals surface area (Å²) in [6, 6.07) is 20.2. The second kappa shape index (κ2) is 8.49. The Labute approximate surface area is 176 Å². The molecule has 0 radical (unpaired) electrons. The Balaban J connectivity index is 1.52. The van der Waals surface area contributed by atoms with Crippen molar-refractivity contribution in [1.82, 2.24) is 0 Å². The molecule has 0 aliphatic carbocycles. The smallest absolute Gasteiger partial charge is 0.337 e. The second-order valence-electron chi connectivity index (χ2n) is 7.26. The Morgan fingerprint density at radius 3 is 1.93 bits per heavy atom. The average Bonchev–Trinajstić information content (AvgIpc) is 2.82. The van der Waals surface area contributed by atoms with Gasteiger partial charge < -0.3 is 19.1 Å². The summed E-state index contributed by atoms with van der Waals surface area (Å²) in [5.41, 5.74) is 6.49. The van der Waals surface area contributed by atoms with E-state index in [1.165, 1.54) is 23.9 Å². The first-order valence-corrected chi connectivity index (χ1v) is 9.90. The summed E-state index contributed by atoms with van der Waals surface area (Å²) >= 11 is 0. The van der Waals surface area contributed by atoms with Crippen LogP contribution in [0.3, 0.4) is 0 Å². The molecular formula is C25H25NO4. The van der Waals surface area contributed by atoms with E-state index in [-0.39, 0.29) is 5.97 Å². The molecule has 0 amide bonds. The van der Waals surface area contributed by atoms with Gasteiger partial charge in [0.25, 0.3) is 0 Å². The van der Waals surface area contributed by atoms with Crippen LogP contribution in [0.1, 0.15) is 21.5 Å². The van der Waals surface area contributed by atoms with Gasteiger partial charge in [-0.05, 0) is 65.1 Å². The highest BCUT2D eigenvalue weighted by molar-refractivity contribution is 5.90. The van der Waals surface area contributed by atoms with Crippen molar-refractivity contribution in [3.8, 4) is 22.6 Å². The predicted octanol–water partition coefficient (Wildman–Crippen LogP) is 4.72. The minimum atomic E-state index is -0.323. The number of methoxy groups -OCH3 is 3. The lowest BCUT2D eigenvalue weighted by atomic mass is 9.98. The number of benzene rings is 3. The highest BCUT2D eigenvalue weighted by Gasteiger charge is 2.20. The van der Waals surface area contributed by atoms with Crippen molar-refractivity contribution in [2.45, 2.75) is 13.0 Å². The topological polar surface area (TPSA) is 48.0 Å². The molecule has 0 N–H and O–H groups in total. The third-order valence-electron chi connectivity index (χ3n) is 5.59. The summed E-state index contributed by atoms with van der Waals surface area (Å²) in [5.74, 6) is 1.23. The van der Waals surface area contributed by atoms with Crippen LogP contribution >= 0.6 is 0 Å². The zero-order chi connectivity index (χ0) is 21.1. The standard InChI is InChI=1S/C25H25NO4/c1-28-23-14-20-12-13-26(16-21(20)15-24(23)29-2)22-10-8-18(9-11-22)17-4-6-19(7-5-17)25(27)30-3/h4-11,14-15H,12-13,16H2,1-3H3. The maximum absolute atomic E-state index is 11.6. The van der Waals surface area contributed by atoms with E-state index in [1.807, 2.05) is 12.1 Å². The van der Waals surface area contributed by atoms with Gasteiger partial charge in [-0.15, -0.1) is 0 Å². The molecule has 0 aromatic heterocycles. The molecule has 154 valence electrons. The van der Waals surface area contributed by atoms with Gasteiger partial charge in [0.2, 0.25) is 0 Å². The largest absolute Gasteiger partial charge is 0.493 e. The summed E-state index contributed by atoms with van der Waals surface area (Å²) in [7, 11) is 4.73. The predicted molar refractivity (Wildman–Crippen MR) is 118 cm³/mol. The highest BCUT2D eigenvalue weighted by atomic mass is 16.5. The van der Waals surface area contributed by atoms with Crippen LogP contribution in [0.15, 0.2) is 60.7 Å². The number of carbonyl (C=O) groups excluding carboxylic acids is 1. The van der Waals surface area contributed by atoms with Gasteiger partial charge in [0.15, 0.2) is 11.5 Å². The second-order valence-corrected chi connectivity index (χ2v) is 7.26. The van der Waals surface area contributed by atoms with E-state index in [4.69, 9.17) is 14.2 Å². The van der Waals surface area contributed by atoms with Gasteiger partial charge in [0, 0.05) is 18.8 Å². The molecule has 0 saturated heterocycles. The van der Waals surface area contributed by atoms with E-state index in [0.717, 1.165) is 42.1 Å². The molecule has 0 saturated carbocycles. The number of esters is 1. The maximum Gasteiger partial charge on any atom is 0.337 e. The fraction of sp³-hybridized carbons (Fsp3) is 0.240. The molecule has 3 aromatic carbocycles. The summed E-state index contributed by atoms with van der Waals surface area (Å²) in [6.45, 7) is 1.79. The molecule has 4 rings (SSSR count). The van der Waals surface area contributed by atoms with Crippen molar-refractivity contribution in [1.29, 1.82) is 0 Å². The van der Waals surface area contributed by atoms with Crippen LogP contribution in [0.2, 0.25) is 0 Å². The van der Waals surface area contributed by atoms with Crippen LogP contribution in [-0.4, -0.2) is 33.8 Å². The maximum atomic E-state index is 11.6. The summed E-state index contributed by atoms with van der Waals surface area (Å²) in [6.07, 6.45) is 0.965. The number of hydrogen-bond acceptors (Lipinski definition) is 5. The molecule has 0 atom stereocenters. The third kappa shape index (κ3) is 3.83. The van der Waals surface area contributed by atoms with E-state index in [1.54, 1.807) is 26.4 Å². The van der Waals surface area contributed by atoms with Gasteiger partial charge in [-0.25, -0.2) is 4.79 Å². The number of anilines is 1. The van der Waals surface area contributed by atoms with Crippen molar-refractivity contribution >= 4 is 11.7 Å². The summed E-state index contributed by atoms with van der Waals surface area (Å²) in [5, 5.41) is 0. The van der Waals surface area contributed by atoms with Crippen molar-refractivity contribution in [3.63, 3.8) is 0 Å². The van der Waals surface area contributed by atoms with Crippen LogP contribution in [-0.2, 0) is 17.7 Å². The minimum absolute atomic E-state index is 0.323. The normalized spacial score (nSPS) is 12.8. The number of ether oxygens (including phenoxy) is 3. The molecule has 1 heterocycles. The lowest BCUT2D eigenvalue weighted by molar-refractivity contribution is 0.0601. The third-order valence-corrected chi connectivity index (χ3v) is 5.59. The van der Waals surface area contributed by atoms with Gasteiger partial charge in [0.05, 0.1) is 26.9 Å². The van der Waals surface area contributed by atoms with Gasteiger partial charge in [-0.3, -0.25) is 0 Å². The van der Waals surface area contributed by atoms with Crippen LogP contribution in [0.4, 0.5) is 5.69 Å². The molecule has 30 heavy (non-hydrogen) atoms. The van der Waals surface area contributed by atoms with E-state index >= 15 is 0 Å². The van der Waals surface area contributed by atoms with E-state index in [2.05, 4.69) is 41.3 Å². The number of carbonyl (C=O) groups is 1. The van der Waals surface area contributed by atoms with Crippen LogP contribution in [0.5, 0.6) is 11.5 Å². The van der Waals surface area contributed by atoms with Crippen LogP contribution in [0, 0.1) is 0 Å². The molecule has 1 aliphatic rings. The monoisotopic (exact) mass is 403 g/mol. The number of nitrogens with zero attached hydrogens (tertiary/aromatic N) is 1. The van der Waals surface area contributed by atoms with Crippen LogP contribution < -0.4 is 14.4 Å². The zero-order valence-electron chi connectivity index (χ0n) is 17.5. The van der Waals surface area contributed by atoms with Gasteiger partial charge in [-0.2, -0.15) is 0 Å². The Morgan fingerprint density at radius 2 is 1.37 bits per heavy atom. The zero-order valence-corrected chi connectivity index (χ0v) is 17.5. The van der Waals surface area contributed by atoms with Gasteiger partial charge in [0.1, 0.15) is 0 Å². The number of fused-ring (bicyclic) bond motifs is 1. The Bertz CT molecular complexity index is 1040. The summed E-state index contributed by atoms with van der Waals surface area (Å²) in [4.78, 5) is 14.0. The SMILES string of the molecule is COC(=O)c1ccc(-c2ccc(N3CCc4cc(OC)c(OC)cc4C3)cc2)cc1. The first-order chi connectivity index (χ1) is 14.6. The van der Waals surface area contributed by atoms with E-state index in [9.17, 15) is 4.79 Å². The van der Waals surface area contributed by atoms with Crippen LogP contribution in [0.25, 0.3) is 11.1 Å². The van der Waals surface area contributed by atoms with E-state index < -0.39 is 0 Å². The van der Waals surface area contributed by atoms with E-state index in [0.29, 0.717) is 5.56 Å². The number of hydrogen-bond donors (Lipinski definition) is 0. The van der Waals surface area contributed by atoms with Gasteiger partial charge in [-0.1, -0.05) is 24.3 Å². The first kappa shape index (κ1) is 19.8. The van der Waals surface area contributed by atoms with Crippen molar-refractivity contribution < 1.29 is 19.0 Å². The molecule has 0 bridgehead atoms. The quantitative estimate of drug-likeness (QED) is 0.577. The molecule has 0 spiro atoms. The Hall–Kier alpha value is -3.47. The lowest BCUT2D eigenvalue weighted by Crippen LogP contribution is -2.30. The molecule has 5 heteroatoms. The molecule has 1 aliphatic heterocycles. The lowest BCUT2D eigenvalue weighted by Gasteiger charge is -2.31. The first-order valence-electron chi connectivity index (χ1n) is 9.90. The minimum Gasteiger partial charge on any atom is -0.493 e. The molecular weight excluding hydrogens is 378 g/mol. The molecule has 0 unspecified atom stereocenters. The average molecular weight is 403 g/mol. The van der Waals surface area contributed by atoms with Crippen molar-refractivity contribution in [3.05, 3.63) is 77.4 Å². The number of rotatable bonds is 5. The van der Waals surface area contributed by atoms with Gasteiger partial charge >= 0.3 is 5.97 Å².